The molecule has 1 N–H and O–H groups in total. The molecule has 0 bridgehead atoms. The molecule has 1 aromatic carbocycles. The van der Waals surface area contributed by atoms with Crippen molar-refractivity contribution in [2.24, 2.45) is 0 Å². The van der Waals surface area contributed by atoms with Crippen molar-refractivity contribution >= 4 is 5.69 Å². The van der Waals surface area contributed by atoms with Crippen LogP contribution in [0.15, 0.2) is 45.5 Å². The summed E-state index contributed by atoms with van der Waals surface area (Å²) in [5.41, 5.74) is 1.95. The number of aryl methyl sites for hydroxylation is 1. The third kappa shape index (κ3) is 2.74. The minimum atomic E-state index is 0.547. The molecule has 4 rings (SSSR count). The van der Waals surface area contributed by atoms with Crippen LogP contribution in [-0.4, -0.2) is 9.97 Å². The maximum Gasteiger partial charge on any atom is 0.226 e. The van der Waals surface area contributed by atoms with E-state index >= 15 is 0 Å². The molecule has 0 saturated heterocycles. The summed E-state index contributed by atoms with van der Waals surface area (Å²) in [4.78, 5) is 8.58. The van der Waals surface area contributed by atoms with E-state index in [9.17, 15) is 0 Å². The van der Waals surface area contributed by atoms with Crippen molar-refractivity contribution < 1.29 is 8.83 Å². The Bertz CT molecular complexity index is 787. The minimum absolute atomic E-state index is 0.547. The fourth-order valence-electron chi connectivity index (χ4n) is 2.36. The van der Waals surface area contributed by atoms with E-state index in [4.69, 9.17) is 8.83 Å². The fraction of sp³-hybridized carbons (Fsp3) is 0.294. The highest BCUT2D eigenvalue weighted by Gasteiger charge is 2.28. The summed E-state index contributed by atoms with van der Waals surface area (Å²) in [7, 11) is 0. The molecule has 22 heavy (non-hydrogen) atoms. The van der Waals surface area contributed by atoms with E-state index in [0.717, 1.165) is 28.7 Å². The van der Waals surface area contributed by atoms with E-state index in [1.807, 2.05) is 37.4 Å². The smallest absolute Gasteiger partial charge is 0.226 e. The lowest BCUT2D eigenvalue weighted by atomic mass is 10.2. The molecule has 0 aliphatic heterocycles. The van der Waals surface area contributed by atoms with Gasteiger partial charge in [-0.15, -0.1) is 0 Å². The Morgan fingerprint density at radius 2 is 2.09 bits per heavy atom. The molecule has 1 fully saturated rings. The fourth-order valence-corrected chi connectivity index (χ4v) is 2.36. The quantitative estimate of drug-likeness (QED) is 0.766. The first-order valence-electron chi connectivity index (χ1n) is 7.49. The first kappa shape index (κ1) is 13.1. The van der Waals surface area contributed by atoms with Crippen LogP contribution < -0.4 is 5.32 Å². The van der Waals surface area contributed by atoms with Crippen LogP contribution in [0, 0.1) is 6.92 Å². The van der Waals surface area contributed by atoms with Gasteiger partial charge in [0.05, 0.1) is 18.9 Å². The van der Waals surface area contributed by atoms with Crippen molar-refractivity contribution in [2.75, 3.05) is 5.32 Å². The standard InChI is InChI=1S/C17H17N3O2/c1-11-8-19-17(21-11)13-3-2-4-14(7-13)18-9-15-10-20-16(22-15)12-5-6-12/h2-4,7-8,10,12,18H,5-6,9H2,1H3. The van der Waals surface area contributed by atoms with Crippen LogP contribution in [0.4, 0.5) is 5.69 Å². The largest absolute Gasteiger partial charge is 0.444 e. The van der Waals surface area contributed by atoms with Gasteiger partial charge in [0.25, 0.3) is 0 Å². The minimum Gasteiger partial charge on any atom is -0.444 e. The van der Waals surface area contributed by atoms with Gasteiger partial charge >= 0.3 is 0 Å². The van der Waals surface area contributed by atoms with Crippen LogP contribution in [0.5, 0.6) is 0 Å². The summed E-state index contributed by atoms with van der Waals surface area (Å²) in [6.07, 6.45) is 5.93. The van der Waals surface area contributed by atoms with E-state index in [1.165, 1.54) is 12.8 Å². The molecular weight excluding hydrogens is 278 g/mol. The van der Waals surface area contributed by atoms with Crippen molar-refractivity contribution in [3.8, 4) is 11.5 Å². The van der Waals surface area contributed by atoms with E-state index in [0.29, 0.717) is 18.4 Å². The third-order valence-electron chi connectivity index (χ3n) is 3.70. The maximum absolute atomic E-state index is 5.74. The first-order valence-corrected chi connectivity index (χ1v) is 7.49. The summed E-state index contributed by atoms with van der Waals surface area (Å²) >= 11 is 0. The van der Waals surface area contributed by atoms with Gasteiger partial charge in [0.2, 0.25) is 5.89 Å². The second kappa shape index (κ2) is 5.33. The van der Waals surface area contributed by atoms with E-state index in [-0.39, 0.29) is 0 Å². The lowest BCUT2D eigenvalue weighted by molar-refractivity contribution is 0.462. The monoisotopic (exact) mass is 295 g/mol. The maximum atomic E-state index is 5.74. The first-order chi connectivity index (χ1) is 10.8. The van der Waals surface area contributed by atoms with Crippen molar-refractivity contribution in [1.82, 2.24) is 9.97 Å². The van der Waals surface area contributed by atoms with Gasteiger partial charge < -0.3 is 14.2 Å². The molecule has 0 amide bonds. The van der Waals surface area contributed by atoms with Crippen LogP contribution >= 0.6 is 0 Å². The van der Waals surface area contributed by atoms with Gasteiger partial charge in [-0.05, 0) is 38.0 Å². The molecule has 3 aromatic rings. The molecule has 5 nitrogen and oxygen atoms in total. The Balaban J connectivity index is 1.45. The molecule has 1 aliphatic rings. The predicted octanol–water partition coefficient (Wildman–Crippen LogP) is 4.13. The summed E-state index contributed by atoms with van der Waals surface area (Å²) in [6, 6.07) is 7.99. The van der Waals surface area contributed by atoms with Crippen LogP contribution in [-0.2, 0) is 6.54 Å². The predicted molar refractivity (Wildman–Crippen MR) is 82.5 cm³/mol. The van der Waals surface area contributed by atoms with Crippen molar-refractivity contribution in [3.63, 3.8) is 0 Å². The SMILES string of the molecule is Cc1cnc(-c2cccc(NCc3cnc(C4CC4)o3)c2)o1. The summed E-state index contributed by atoms with van der Waals surface area (Å²) in [5, 5.41) is 3.35. The number of nitrogens with one attached hydrogen (secondary N) is 1. The Morgan fingerprint density at radius 3 is 2.86 bits per heavy atom. The normalized spacial score (nSPS) is 14.2. The van der Waals surface area contributed by atoms with Gasteiger partial charge in [0.15, 0.2) is 5.89 Å². The number of benzene rings is 1. The van der Waals surface area contributed by atoms with Gasteiger partial charge in [0, 0.05) is 17.2 Å². The molecule has 0 atom stereocenters. The highest BCUT2D eigenvalue weighted by molar-refractivity contribution is 5.61. The molecule has 2 aromatic heterocycles. The average Bonchev–Trinajstić information content (AvgIpc) is 3.12. The Morgan fingerprint density at radius 1 is 1.18 bits per heavy atom. The Kier molecular flexibility index (Phi) is 3.18. The van der Waals surface area contributed by atoms with Crippen LogP contribution in [0.1, 0.15) is 36.2 Å². The number of anilines is 1. The number of hydrogen-bond acceptors (Lipinski definition) is 5. The van der Waals surface area contributed by atoms with E-state index in [2.05, 4.69) is 15.3 Å². The molecule has 5 heteroatoms. The van der Waals surface area contributed by atoms with Crippen molar-refractivity contribution in [1.29, 1.82) is 0 Å². The molecular formula is C17H17N3O2. The van der Waals surface area contributed by atoms with Crippen molar-refractivity contribution in [2.45, 2.75) is 32.2 Å². The molecule has 2 heterocycles. The molecule has 1 aliphatic carbocycles. The Hall–Kier alpha value is -2.56. The highest BCUT2D eigenvalue weighted by Crippen LogP contribution is 2.39. The molecule has 0 radical (unpaired) electrons. The summed E-state index contributed by atoms with van der Waals surface area (Å²) in [6.45, 7) is 2.51. The highest BCUT2D eigenvalue weighted by atomic mass is 16.4. The van der Waals surface area contributed by atoms with Gasteiger partial charge in [-0.3, -0.25) is 0 Å². The molecule has 112 valence electrons. The van der Waals surface area contributed by atoms with Gasteiger partial charge in [-0.1, -0.05) is 6.07 Å². The van der Waals surface area contributed by atoms with Crippen LogP contribution in [0.3, 0.4) is 0 Å². The van der Waals surface area contributed by atoms with E-state index in [1.54, 1.807) is 6.20 Å². The number of rotatable bonds is 5. The number of hydrogen-bond donors (Lipinski definition) is 1. The third-order valence-corrected chi connectivity index (χ3v) is 3.70. The average molecular weight is 295 g/mol. The molecule has 0 unspecified atom stereocenters. The zero-order valence-corrected chi connectivity index (χ0v) is 12.4. The van der Waals surface area contributed by atoms with Gasteiger partial charge in [-0.25, -0.2) is 9.97 Å². The number of oxazole rings is 2. The van der Waals surface area contributed by atoms with Crippen molar-refractivity contribution in [3.05, 3.63) is 54.1 Å². The second-order valence-electron chi connectivity index (χ2n) is 5.65. The molecule has 1 saturated carbocycles. The zero-order valence-electron chi connectivity index (χ0n) is 12.4. The van der Waals surface area contributed by atoms with Gasteiger partial charge in [0.1, 0.15) is 11.5 Å². The lowest BCUT2D eigenvalue weighted by Gasteiger charge is -2.05. The second-order valence-corrected chi connectivity index (χ2v) is 5.65. The van der Waals surface area contributed by atoms with Crippen LogP contribution in [0.25, 0.3) is 11.5 Å². The number of nitrogens with zero attached hydrogens (tertiary/aromatic N) is 2. The Labute approximate surface area is 128 Å². The topological polar surface area (TPSA) is 64.1 Å². The summed E-state index contributed by atoms with van der Waals surface area (Å²) in [5.74, 6) is 3.73. The number of aromatic nitrogens is 2. The lowest BCUT2D eigenvalue weighted by Crippen LogP contribution is -1.98. The molecule has 0 spiro atoms. The van der Waals surface area contributed by atoms with Crippen LogP contribution in [0.2, 0.25) is 0 Å². The van der Waals surface area contributed by atoms with E-state index < -0.39 is 0 Å². The zero-order chi connectivity index (χ0) is 14.9. The van der Waals surface area contributed by atoms with Gasteiger partial charge in [-0.2, -0.15) is 0 Å². The summed E-state index contributed by atoms with van der Waals surface area (Å²) < 4.78 is 11.3.